The molecule has 0 unspecified atom stereocenters. The molecular weight excluding hydrogens is 216 g/mol. The van der Waals surface area contributed by atoms with E-state index >= 15 is 0 Å². The normalized spacial score (nSPS) is 9.59. The second-order valence-electron chi connectivity index (χ2n) is 3.71. The van der Waals surface area contributed by atoms with Gasteiger partial charge in [-0.1, -0.05) is 13.0 Å². The maximum atomic E-state index is 8.36. The smallest absolute Gasteiger partial charge is 0.290 e. The summed E-state index contributed by atoms with van der Waals surface area (Å²) in [5.41, 5.74) is 5.38. The number of aryl methyl sites for hydroxylation is 3. The van der Waals surface area contributed by atoms with Crippen molar-refractivity contribution in [2.75, 3.05) is 0 Å². The topological polar surface area (TPSA) is 63.1 Å². The molecule has 0 atom stereocenters. The molecule has 1 aromatic carbocycles. The molecule has 0 aliphatic rings. The lowest BCUT2D eigenvalue weighted by atomic mass is 10.2. The molecular formula is C13H16N2O2. The Hall–Kier alpha value is -1.97. The summed E-state index contributed by atoms with van der Waals surface area (Å²) in [6, 6.07) is 6.19. The van der Waals surface area contributed by atoms with E-state index in [2.05, 4.69) is 35.9 Å². The molecule has 0 saturated heterocycles. The van der Waals surface area contributed by atoms with Crippen molar-refractivity contribution >= 4 is 17.5 Å². The van der Waals surface area contributed by atoms with Crippen LogP contribution in [0.2, 0.25) is 0 Å². The van der Waals surface area contributed by atoms with Gasteiger partial charge in [0.2, 0.25) is 0 Å². The minimum atomic E-state index is -0.250. The average molecular weight is 232 g/mol. The van der Waals surface area contributed by atoms with Gasteiger partial charge in [0.1, 0.15) is 0 Å². The number of aromatic nitrogens is 2. The van der Waals surface area contributed by atoms with Crippen molar-refractivity contribution < 1.29 is 9.90 Å². The summed E-state index contributed by atoms with van der Waals surface area (Å²) in [7, 11) is 0. The molecule has 1 heterocycles. The van der Waals surface area contributed by atoms with Gasteiger partial charge in [-0.2, -0.15) is 0 Å². The fourth-order valence-corrected chi connectivity index (χ4v) is 1.62. The lowest BCUT2D eigenvalue weighted by molar-refractivity contribution is -0.122. The van der Waals surface area contributed by atoms with Crippen LogP contribution in [0.1, 0.15) is 23.9 Å². The number of hydrogen-bond acceptors (Lipinski definition) is 3. The van der Waals surface area contributed by atoms with Gasteiger partial charge in [-0.25, -0.2) is 9.97 Å². The molecule has 0 spiro atoms. The van der Waals surface area contributed by atoms with Crippen molar-refractivity contribution in [2.24, 2.45) is 0 Å². The van der Waals surface area contributed by atoms with Gasteiger partial charge in [0.25, 0.3) is 6.47 Å². The summed E-state index contributed by atoms with van der Waals surface area (Å²) < 4.78 is 0. The number of fused-ring (bicyclic) bond motifs is 1. The van der Waals surface area contributed by atoms with Gasteiger partial charge in [0.15, 0.2) is 0 Å². The molecule has 90 valence electrons. The van der Waals surface area contributed by atoms with Gasteiger partial charge < -0.3 is 5.11 Å². The third kappa shape index (κ3) is 3.24. The third-order valence-electron chi connectivity index (χ3n) is 2.43. The first-order valence-electron chi connectivity index (χ1n) is 5.44. The van der Waals surface area contributed by atoms with Crippen LogP contribution in [0, 0.1) is 13.8 Å². The molecule has 1 N–H and O–H groups in total. The van der Waals surface area contributed by atoms with E-state index in [1.54, 1.807) is 0 Å². The Morgan fingerprint density at radius 2 is 1.88 bits per heavy atom. The standard InChI is InChI=1S/C12H14N2.CH2O2/c1-4-10-9(3)13-11-6-5-8(2)7-12(11)14-10;2-1-3/h5-7H,4H2,1-3H3;1H,(H,2,3). The highest BCUT2D eigenvalue weighted by molar-refractivity contribution is 5.75. The summed E-state index contributed by atoms with van der Waals surface area (Å²) >= 11 is 0. The SMILES string of the molecule is CCc1nc2cc(C)ccc2nc1C.O=CO. The molecule has 17 heavy (non-hydrogen) atoms. The van der Waals surface area contributed by atoms with E-state index in [1.807, 2.05) is 13.0 Å². The third-order valence-corrected chi connectivity index (χ3v) is 2.43. The lowest BCUT2D eigenvalue weighted by Crippen LogP contribution is -1.96. The molecule has 0 aliphatic heterocycles. The molecule has 0 saturated carbocycles. The second kappa shape index (κ2) is 5.94. The molecule has 1 aromatic heterocycles. The first-order valence-corrected chi connectivity index (χ1v) is 5.44. The number of carboxylic acid groups (broad SMARTS) is 1. The maximum Gasteiger partial charge on any atom is 0.290 e. The zero-order valence-electron chi connectivity index (χ0n) is 10.3. The van der Waals surface area contributed by atoms with Gasteiger partial charge in [0, 0.05) is 0 Å². The summed E-state index contributed by atoms with van der Waals surface area (Å²) in [5, 5.41) is 6.89. The molecule has 0 amide bonds. The lowest BCUT2D eigenvalue weighted by Gasteiger charge is -2.04. The van der Waals surface area contributed by atoms with Crippen LogP contribution in [-0.2, 0) is 11.2 Å². The Labute approximate surface area is 100 Å². The van der Waals surface area contributed by atoms with Crippen molar-refractivity contribution in [3.63, 3.8) is 0 Å². The highest BCUT2D eigenvalue weighted by Crippen LogP contribution is 2.14. The average Bonchev–Trinajstić information content (AvgIpc) is 2.30. The largest absolute Gasteiger partial charge is 0.483 e. The summed E-state index contributed by atoms with van der Waals surface area (Å²) in [4.78, 5) is 17.5. The van der Waals surface area contributed by atoms with Crippen LogP contribution in [0.3, 0.4) is 0 Å². The number of nitrogens with zero attached hydrogens (tertiary/aromatic N) is 2. The highest BCUT2D eigenvalue weighted by Gasteiger charge is 2.02. The Balaban J connectivity index is 0.000000437. The first-order chi connectivity index (χ1) is 8.12. The van der Waals surface area contributed by atoms with Crippen molar-refractivity contribution in [3.05, 3.63) is 35.2 Å². The fraction of sp³-hybridized carbons (Fsp3) is 0.308. The predicted molar refractivity (Wildman–Crippen MR) is 67.1 cm³/mol. The van der Waals surface area contributed by atoms with E-state index < -0.39 is 0 Å². The van der Waals surface area contributed by atoms with Crippen LogP contribution in [0.25, 0.3) is 11.0 Å². The second-order valence-corrected chi connectivity index (χ2v) is 3.71. The quantitative estimate of drug-likeness (QED) is 0.767. The first kappa shape index (κ1) is 13.1. The van der Waals surface area contributed by atoms with Crippen molar-refractivity contribution in [2.45, 2.75) is 27.2 Å². The van der Waals surface area contributed by atoms with Crippen LogP contribution in [-0.4, -0.2) is 21.5 Å². The van der Waals surface area contributed by atoms with Gasteiger partial charge in [0.05, 0.1) is 22.4 Å². The van der Waals surface area contributed by atoms with Crippen LogP contribution in [0.4, 0.5) is 0 Å². The number of hydrogen-bond donors (Lipinski definition) is 1. The molecule has 0 fully saturated rings. The van der Waals surface area contributed by atoms with Crippen LogP contribution < -0.4 is 0 Å². The van der Waals surface area contributed by atoms with E-state index in [0.717, 1.165) is 28.8 Å². The molecule has 4 heteroatoms. The minimum Gasteiger partial charge on any atom is -0.483 e. The van der Waals surface area contributed by atoms with Crippen LogP contribution in [0.5, 0.6) is 0 Å². The van der Waals surface area contributed by atoms with Crippen molar-refractivity contribution in [1.82, 2.24) is 9.97 Å². The molecule has 0 aliphatic carbocycles. The summed E-state index contributed by atoms with van der Waals surface area (Å²) in [5.74, 6) is 0. The highest BCUT2D eigenvalue weighted by atomic mass is 16.3. The Kier molecular flexibility index (Phi) is 4.57. The van der Waals surface area contributed by atoms with Crippen LogP contribution >= 0.6 is 0 Å². The van der Waals surface area contributed by atoms with E-state index in [9.17, 15) is 0 Å². The van der Waals surface area contributed by atoms with E-state index in [1.165, 1.54) is 5.56 Å². The Morgan fingerprint density at radius 3 is 2.47 bits per heavy atom. The van der Waals surface area contributed by atoms with Gasteiger partial charge >= 0.3 is 0 Å². The molecule has 2 rings (SSSR count). The van der Waals surface area contributed by atoms with E-state index in [4.69, 9.17) is 9.90 Å². The summed E-state index contributed by atoms with van der Waals surface area (Å²) in [6.45, 7) is 5.95. The Morgan fingerprint density at radius 1 is 1.24 bits per heavy atom. The predicted octanol–water partition coefficient (Wildman–Crippen LogP) is 2.51. The summed E-state index contributed by atoms with van der Waals surface area (Å²) in [6.07, 6.45) is 0.947. The van der Waals surface area contributed by atoms with Crippen molar-refractivity contribution in [1.29, 1.82) is 0 Å². The zero-order chi connectivity index (χ0) is 12.8. The van der Waals surface area contributed by atoms with Crippen molar-refractivity contribution in [3.8, 4) is 0 Å². The molecule has 2 aromatic rings. The molecule has 0 bridgehead atoms. The van der Waals surface area contributed by atoms with Crippen LogP contribution in [0.15, 0.2) is 18.2 Å². The Bertz CT molecular complexity index is 524. The minimum absolute atomic E-state index is 0.250. The van der Waals surface area contributed by atoms with Gasteiger partial charge in [-0.3, -0.25) is 4.79 Å². The number of benzene rings is 1. The number of rotatable bonds is 1. The molecule has 4 nitrogen and oxygen atoms in total. The monoisotopic (exact) mass is 232 g/mol. The fourth-order valence-electron chi connectivity index (χ4n) is 1.62. The van der Waals surface area contributed by atoms with Gasteiger partial charge in [-0.15, -0.1) is 0 Å². The maximum absolute atomic E-state index is 8.36. The van der Waals surface area contributed by atoms with E-state index in [-0.39, 0.29) is 6.47 Å². The number of carbonyl (C=O) groups is 1. The molecule has 0 radical (unpaired) electrons. The van der Waals surface area contributed by atoms with E-state index in [0.29, 0.717) is 0 Å². The zero-order valence-corrected chi connectivity index (χ0v) is 10.3. The van der Waals surface area contributed by atoms with Gasteiger partial charge in [-0.05, 0) is 38.0 Å².